The zero-order valence-electron chi connectivity index (χ0n) is 15.8. The molecule has 1 aromatic carbocycles. The molecule has 0 unspecified atom stereocenters. The van der Waals surface area contributed by atoms with Crippen molar-refractivity contribution in [2.45, 2.75) is 49.7 Å². The molecule has 144 valence electrons. The van der Waals surface area contributed by atoms with Crippen molar-refractivity contribution in [3.05, 3.63) is 36.2 Å². The summed E-state index contributed by atoms with van der Waals surface area (Å²) in [5, 5.41) is 8.53. The van der Waals surface area contributed by atoms with E-state index >= 15 is 0 Å². The Bertz CT molecular complexity index is 766. The number of amides is 1. The third-order valence-electron chi connectivity index (χ3n) is 5.29. The van der Waals surface area contributed by atoms with Gasteiger partial charge >= 0.3 is 0 Å². The lowest BCUT2D eigenvalue weighted by Crippen LogP contribution is -2.45. The fraction of sp³-hybridized carbons (Fsp3) is 0.550. The summed E-state index contributed by atoms with van der Waals surface area (Å²) in [5.74, 6) is 1.98. The van der Waals surface area contributed by atoms with Crippen LogP contribution in [-0.2, 0) is 4.79 Å². The lowest BCUT2D eigenvalue weighted by molar-refractivity contribution is -0.119. The molecule has 1 aromatic heterocycles. The van der Waals surface area contributed by atoms with E-state index in [0.29, 0.717) is 22.9 Å². The van der Waals surface area contributed by atoms with Crippen LogP contribution in [0.4, 0.5) is 0 Å². The van der Waals surface area contributed by atoms with Crippen molar-refractivity contribution >= 4 is 17.7 Å². The van der Waals surface area contributed by atoms with Crippen LogP contribution >= 0.6 is 11.8 Å². The van der Waals surface area contributed by atoms with Gasteiger partial charge < -0.3 is 10.2 Å². The Morgan fingerprint density at radius 1 is 1.19 bits per heavy atom. The molecular weight excluding hydrogens is 358 g/mol. The molecule has 27 heavy (non-hydrogen) atoms. The topological polar surface area (TPSA) is 63.1 Å². The summed E-state index contributed by atoms with van der Waals surface area (Å²) in [6.45, 7) is 5.42. The van der Waals surface area contributed by atoms with Crippen LogP contribution in [0.5, 0.6) is 0 Å². The summed E-state index contributed by atoms with van der Waals surface area (Å²) in [7, 11) is 0. The van der Waals surface area contributed by atoms with Crippen molar-refractivity contribution in [3.8, 4) is 5.69 Å². The van der Waals surface area contributed by atoms with E-state index in [9.17, 15) is 4.79 Å². The average molecular weight is 386 g/mol. The first-order chi connectivity index (χ1) is 13.2. The fourth-order valence-corrected chi connectivity index (χ4v) is 4.16. The smallest absolute Gasteiger partial charge is 0.230 e. The molecule has 1 aliphatic heterocycles. The summed E-state index contributed by atoms with van der Waals surface area (Å²) in [5.41, 5.74) is 1.03. The molecule has 0 spiro atoms. The number of piperidine rings is 1. The highest BCUT2D eigenvalue weighted by Crippen LogP contribution is 2.40. The molecule has 0 radical (unpaired) electrons. The summed E-state index contributed by atoms with van der Waals surface area (Å²) in [6.07, 6.45) is 4.42. The molecule has 1 saturated heterocycles. The minimum absolute atomic E-state index is 0.0824. The lowest BCUT2D eigenvalue weighted by Gasteiger charge is -2.31. The maximum absolute atomic E-state index is 12.3. The van der Waals surface area contributed by atoms with Crippen molar-refractivity contribution in [1.29, 1.82) is 0 Å². The number of hydrogen-bond donors (Lipinski definition) is 1. The standard InChI is InChI=1S/C20H27N5OS/c1-2-24-12-10-16(11-13-24)21-18(26)14-27-20-22-19(15-8-9-15)25(23-20)17-6-4-3-5-7-17/h3-7,15-16H,2,8-14H2,1H3,(H,21,26). The van der Waals surface area contributed by atoms with Crippen molar-refractivity contribution in [2.24, 2.45) is 0 Å². The second kappa shape index (κ2) is 8.44. The van der Waals surface area contributed by atoms with Gasteiger partial charge in [-0.25, -0.2) is 9.67 Å². The molecule has 1 aliphatic carbocycles. The number of carbonyl (C=O) groups is 1. The van der Waals surface area contributed by atoms with E-state index in [0.717, 1.165) is 44.0 Å². The number of likely N-dealkylation sites (tertiary alicyclic amines) is 1. The molecule has 2 heterocycles. The Morgan fingerprint density at radius 3 is 2.59 bits per heavy atom. The van der Waals surface area contributed by atoms with Crippen molar-refractivity contribution in [1.82, 2.24) is 25.0 Å². The molecule has 2 aromatic rings. The Hall–Kier alpha value is -1.86. The van der Waals surface area contributed by atoms with E-state index in [1.165, 1.54) is 24.6 Å². The second-order valence-corrected chi connectivity index (χ2v) is 8.28. The molecule has 2 fully saturated rings. The Balaban J connectivity index is 1.34. The first-order valence-corrected chi connectivity index (χ1v) is 10.9. The number of thioether (sulfide) groups is 1. The van der Waals surface area contributed by atoms with Gasteiger partial charge in [0.15, 0.2) is 0 Å². The minimum atomic E-state index is 0.0824. The van der Waals surface area contributed by atoms with Gasteiger partial charge in [0.2, 0.25) is 11.1 Å². The normalized spacial score (nSPS) is 18.6. The number of hydrogen-bond acceptors (Lipinski definition) is 5. The van der Waals surface area contributed by atoms with Crippen molar-refractivity contribution in [3.63, 3.8) is 0 Å². The molecule has 0 bridgehead atoms. The van der Waals surface area contributed by atoms with Gasteiger partial charge in [0, 0.05) is 25.0 Å². The Labute approximate surface area is 164 Å². The van der Waals surface area contributed by atoms with Crippen LogP contribution in [0.25, 0.3) is 5.69 Å². The fourth-order valence-electron chi connectivity index (χ4n) is 3.52. The second-order valence-electron chi connectivity index (χ2n) is 7.34. The van der Waals surface area contributed by atoms with Crippen molar-refractivity contribution < 1.29 is 4.79 Å². The quantitative estimate of drug-likeness (QED) is 0.743. The third-order valence-corrected chi connectivity index (χ3v) is 6.13. The number of benzene rings is 1. The van der Waals surface area contributed by atoms with Crippen LogP contribution < -0.4 is 5.32 Å². The number of rotatable bonds is 7. The van der Waals surface area contributed by atoms with Gasteiger partial charge in [-0.2, -0.15) is 0 Å². The van der Waals surface area contributed by atoms with E-state index in [4.69, 9.17) is 4.98 Å². The zero-order valence-corrected chi connectivity index (χ0v) is 16.6. The molecule has 1 amide bonds. The summed E-state index contributed by atoms with van der Waals surface area (Å²) < 4.78 is 1.94. The summed E-state index contributed by atoms with van der Waals surface area (Å²) >= 11 is 1.43. The molecule has 4 rings (SSSR count). The van der Waals surface area contributed by atoms with Gasteiger partial charge in [-0.3, -0.25) is 4.79 Å². The number of nitrogens with zero attached hydrogens (tertiary/aromatic N) is 4. The van der Waals surface area contributed by atoms with Crippen LogP contribution in [0, 0.1) is 0 Å². The minimum Gasteiger partial charge on any atom is -0.353 e. The van der Waals surface area contributed by atoms with E-state index in [1.807, 2.05) is 35.0 Å². The van der Waals surface area contributed by atoms with E-state index in [-0.39, 0.29) is 5.91 Å². The molecule has 7 heteroatoms. The largest absolute Gasteiger partial charge is 0.353 e. The molecule has 0 atom stereocenters. The SMILES string of the molecule is CCN1CCC(NC(=O)CSc2nc(C3CC3)n(-c3ccccc3)n2)CC1. The lowest BCUT2D eigenvalue weighted by atomic mass is 10.1. The maximum atomic E-state index is 12.3. The number of carbonyl (C=O) groups excluding carboxylic acids is 1. The first kappa shape index (κ1) is 18.5. The van der Waals surface area contributed by atoms with Crippen molar-refractivity contribution in [2.75, 3.05) is 25.4 Å². The first-order valence-electron chi connectivity index (χ1n) is 9.90. The molecule has 6 nitrogen and oxygen atoms in total. The molecule has 1 saturated carbocycles. The molecular formula is C20H27N5OS. The Morgan fingerprint density at radius 2 is 1.93 bits per heavy atom. The summed E-state index contributed by atoms with van der Waals surface area (Å²) in [6, 6.07) is 10.4. The number of aromatic nitrogens is 3. The Kier molecular flexibility index (Phi) is 5.78. The van der Waals surface area contributed by atoms with Gasteiger partial charge in [-0.1, -0.05) is 36.9 Å². The third kappa shape index (κ3) is 4.71. The predicted molar refractivity (Wildman–Crippen MR) is 107 cm³/mol. The maximum Gasteiger partial charge on any atom is 0.230 e. The van der Waals surface area contributed by atoms with Crippen LogP contribution in [-0.4, -0.2) is 57.0 Å². The molecule has 1 N–H and O–H groups in total. The zero-order chi connectivity index (χ0) is 18.6. The number of para-hydroxylation sites is 1. The van der Waals surface area contributed by atoms with Gasteiger partial charge in [-0.15, -0.1) is 5.10 Å². The van der Waals surface area contributed by atoms with E-state index < -0.39 is 0 Å². The van der Waals surface area contributed by atoms with Gasteiger partial charge in [0.25, 0.3) is 0 Å². The van der Waals surface area contributed by atoms with Crippen LogP contribution in [0.3, 0.4) is 0 Å². The monoisotopic (exact) mass is 385 g/mol. The van der Waals surface area contributed by atoms with Crippen LogP contribution in [0.15, 0.2) is 35.5 Å². The van der Waals surface area contributed by atoms with Gasteiger partial charge in [-0.05, 0) is 44.4 Å². The average Bonchev–Trinajstić information content (AvgIpc) is 3.47. The predicted octanol–water partition coefficient (Wildman–Crippen LogP) is 2.84. The summed E-state index contributed by atoms with van der Waals surface area (Å²) in [4.78, 5) is 19.5. The van der Waals surface area contributed by atoms with Gasteiger partial charge in [0.1, 0.15) is 5.82 Å². The van der Waals surface area contributed by atoms with E-state index in [1.54, 1.807) is 0 Å². The number of nitrogens with one attached hydrogen (secondary N) is 1. The highest BCUT2D eigenvalue weighted by atomic mass is 32.2. The van der Waals surface area contributed by atoms with Crippen LogP contribution in [0.1, 0.15) is 44.3 Å². The molecule has 2 aliphatic rings. The highest BCUT2D eigenvalue weighted by molar-refractivity contribution is 7.99. The van der Waals surface area contributed by atoms with Crippen LogP contribution in [0.2, 0.25) is 0 Å². The van der Waals surface area contributed by atoms with Gasteiger partial charge in [0.05, 0.1) is 11.4 Å². The highest BCUT2D eigenvalue weighted by Gasteiger charge is 2.30. The van der Waals surface area contributed by atoms with E-state index in [2.05, 4.69) is 22.2 Å².